The highest BCUT2D eigenvalue weighted by atomic mass is 32.2. The van der Waals surface area contributed by atoms with Crippen LogP contribution in [0, 0.1) is 12.8 Å². The van der Waals surface area contributed by atoms with Crippen LogP contribution < -0.4 is 10.0 Å². The molecule has 0 heterocycles. The molecule has 1 fully saturated rings. The van der Waals surface area contributed by atoms with Gasteiger partial charge in [0.05, 0.1) is 10.5 Å². The molecule has 0 spiro atoms. The zero-order valence-electron chi connectivity index (χ0n) is 14.7. The number of carboxylic acids is 1. The second-order valence-corrected chi connectivity index (χ2v) is 8.38. The van der Waals surface area contributed by atoms with E-state index in [1.165, 1.54) is 30.3 Å². The standard InChI is InChI=1S/C19H20N2O5S/c1-12-5-8-15(10-17(12)19(23)24)21-18(22)14-3-2-4-16(9-14)27(25,26)20-11-13-6-7-13/h2-5,8-10,13,20H,6-7,11H2,1H3,(H,21,22)(H,23,24). The van der Waals surface area contributed by atoms with Crippen molar-refractivity contribution in [2.45, 2.75) is 24.7 Å². The van der Waals surface area contributed by atoms with Gasteiger partial charge in [0, 0.05) is 17.8 Å². The van der Waals surface area contributed by atoms with Gasteiger partial charge in [0.25, 0.3) is 5.91 Å². The topological polar surface area (TPSA) is 113 Å². The minimum atomic E-state index is -3.68. The molecule has 0 saturated heterocycles. The molecule has 8 heteroatoms. The molecule has 0 bridgehead atoms. The van der Waals surface area contributed by atoms with Crippen LogP contribution in [0.3, 0.4) is 0 Å². The van der Waals surface area contributed by atoms with E-state index in [4.69, 9.17) is 0 Å². The van der Waals surface area contributed by atoms with Crippen molar-refractivity contribution in [1.82, 2.24) is 4.72 Å². The number of amides is 1. The molecule has 142 valence electrons. The van der Waals surface area contributed by atoms with Gasteiger partial charge in [0.2, 0.25) is 10.0 Å². The van der Waals surface area contributed by atoms with E-state index < -0.39 is 21.9 Å². The van der Waals surface area contributed by atoms with Crippen LogP contribution in [0.15, 0.2) is 47.4 Å². The Labute approximate surface area is 157 Å². The van der Waals surface area contributed by atoms with Gasteiger partial charge in [-0.25, -0.2) is 17.9 Å². The van der Waals surface area contributed by atoms with Crippen molar-refractivity contribution in [1.29, 1.82) is 0 Å². The van der Waals surface area contributed by atoms with Crippen LogP contribution in [-0.2, 0) is 10.0 Å². The van der Waals surface area contributed by atoms with Crippen molar-refractivity contribution in [3.63, 3.8) is 0 Å². The average Bonchev–Trinajstić information content (AvgIpc) is 3.46. The molecule has 0 aliphatic heterocycles. The summed E-state index contributed by atoms with van der Waals surface area (Å²) >= 11 is 0. The Morgan fingerprint density at radius 1 is 1.15 bits per heavy atom. The molecule has 1 saturated carbocycles. The lowest BCUT2D eigenvalue weighted by Crippen LogP contribution is -2.26. The first-order chi connectivity index (χ1) is 12.8. The van der Waals surface area contributed by atoms with Crippen molar-refractivity contribution >= 4 is 27.6 Å². The van der Waals surface area contributed by atoms with Crippen LogP contribution in [-0.4, -0.2) is 31.9 Å². The SMILES string of the molecule is Cc1ccc(NC(=O)c2cccc(S(=O)(=O)NCC3CC3)c2)cc1C(=O)O. The maximum absolute atomic E-state index is 12.5. The second kappa shape index (κ2) is 7.50. The third kappa shape index (κ3) is 4.72. The molecule has 1 aliphatic carbocycles. The van der Waals surface area contributed by atoms with E-state index in [1.807, 2.05) is 0 Å². The van der Waals surface area contributed by atoms with Crippen molar-refractivity contribution in [2.24, 2.45) is 5.92 Å². The first-order valence-electron chi connectivity index (χ1n) is 8.51. The fraction of sp³-hybridized carbons (Fsp3) is 0.263. The first-order valence-corrected chi connectivity index (χ1v) is 9.99. The number of benzene rings is 2. The largest absolute Gasteiger partial charge is 0.478 e. The van der Waals surface area contributed by atoms with Crippen molar-refractivity contribution in [2.75, 3.05) is 11.9 Å². The molecule has 0 aromatic heterocycles. The number of anilines is 1. The van der Waals surface area contributed by atoms with Crippen molar-refractivity contribution < 1.29 is 23.1 Å². The summed E-state index contributed by atoms with van der Waals surface area (Å²) in [6.45, 7) is 2.07. The number of carbonyl (C=O) groups excluding carboxylic acids is 1. The average molecular weight is 388 g/mol. The van der Waals surface area contributed by atoms with E-state index in [2.05, 4.69) is 10.0 Å². The lowest BCUT2D eigenvalue weighted by atomic mass is 10.1. The molecule has 0 atom stereocenters. The van der Waals surface area contributed by atoms with E-state index in [1.54, 1.807) is 19.1 Å². The quantitative estimate of drug-likeness (QED) is 0.675. The van der Waals surface area contributed by atoms with Crippen LogP contribution in [0.4, 0.5) is 5.69 Å². The number of rotatable bonds is 7. The van der Waals surface area contributed by atoms with Gasteiger partial charge in [-0.2, -0.15) is 0 Å². The highest BCUT2D eigenvalue weighted by Gasteiger charge is 2.24. The van der Waals surface area contributed by atoms with Gasteiger partial charge in [-0.1, -0.05) is 12.1 Å². The number of hydrogen-bond donors (Lipinski definition) is 3. The van der Waals surface area contributed by atoms with E-state index in [0.717, 1.165) is 12.8 Å². The van der Waals surface area contributed by atoms with Crippen LogP contribution >= 0.6 is 0 Å². The van der Waals surface area contributed by atoms with Crippen molar-refractivity contribution in [3.8, 4) is 0 Å². The fourth-order valence-corrected chi connectivity index (χ4v) is 3.73. The van der Waals surface area contributed by atoms with E-state index in [9.17, 15) is 23.1 Å². The van der Waals surface area contributed by atoms with E-state index in [0.29, 0.717) is 23.7 Å². The number of nitrogens with one attached hydrogen (secondary N) is 2. The van der Waals surface area contributed by atoms with Gasteiger partial charge in [0.1, 0.15) is 0 Å². The zero-order chi connectivity index (χ0) is 19.6. The normalized spacial score (nSPS) is 14.0. The van der Waals surface area contributed by atoms with Gasteiger partial charge < -0.3 is 10.4 Å². The highest BCUT2D eigenvalue weighted by molar-refractivity contribution is 7.89. The molecular weight excluding hydrogens is 368 g/mol. The number of aromatic carboxylic acids is 1. The first kappa shape index (κ1) is 19.1. The molecule has 0 radical (unpaired) electrons. The predicted molar refractivity (Wildman–Crippen MR) is 100 cm³/mol. The van der Waals surface area contributed by atoms with Gasteiger partial charge in [-0.15, -0.1) is 0 Å². The smallest absolute Gasteiger partial charge is 0.336 e. The van der Waals surface area contributed by atoms with E-state index in [-0.39, 0.29) is 16.0 Å². The lowest BCUT2D eigenvalue weighted by molar-refractivity contribution is 0.0695. The fourth-order valence-electron chi connectivity index (χ4n) is 2.57. The molecule has 3 rings (SSSR count). The van der Waals surface area contributed by atoms with Gasteiger partial charge in [-0.05, 0) is 61.6 Å². The Hall–Kier alpha value is -2.71. The number of hydrogen-bond acceptors (Lipinski definition) is 4. The molecule has 0 unspecified atom stereocenters. The summed E-state index contributed by atoms with van der Waals surface area (Å²) in [5.41, 5.74) is 1.16. The number of carboxylic acid groups (broad SMARTS) is 1. The Morgan fingerprint density at radius 2 is 1.89 bits per heavy atom. The molecule has 1 amide bonds. The third-order valence-electron chi connectivity index (χ3n) is 4.39. The highest BCUT2D eigenvalue weighted by Crippen LogP contribution is 2.28. The Morgan fingerprint density at radius 3 is 2.56 bits per heavy atom. The monoisotopic (exact) mass is 388 g/mol. The van der Waals surface area contributed by atoms with Crippen LogP contribution in [0.2, 0.25) is 0 Å². The summed E-state index contributed by atoms with van der Waals surface area (Å²) in [5, 5.41) is 11.8. The summed E-state index contributed by atoms with van der Waals surface area (Å²) in [6, 6.07) is 10.3. The minimum absolute atomic E-state index is 0.0194. The third-order valence-corrected chi connectivity index (χ3v) is 5.81. The summed E-state index contributed by atoms with van der Waals surface area (Å²) in [6.07, 6.45) is 2.06. The zero-order valence-corrected chi connectivity index (χ0v) is 15.5. The van der Waals surface area contributed by atoms with Crippen LogP contribution in [0.5, 0.6) is 0 Å². The lowest BCUT2D eigenvalue weighted by Gasteiger charge is -2.10. The molecule has 27 heavy (non-hydrogen) atoms. The summed E-state index contributed by atoms with van der Waals surface area (Å²) in [5.74, 6) is -1.20. The molecule has 1 aliphatic rings. The maximum Gasteiger partial charge on any atom is 0.336 e. The molecule has 2 aromatic carbocycles. The Kier molecular flexibility index (Phi) is 5.29. The number of carbonyl (C=O) groups is 2. The molecular formula is C19H20N2O5S. The Bertz CT molecular complexity index is 997. The second-order valence-electron chi connectivity index (χ2n) is 6.61. The molecule has 7 nitrogen and oxygen atoms in total. The summed E-state index contributed by atoms with van der Waals surface area (Å²) in [4.78, 5) is 23.7. The van der Waals surface area contributed by atoms with Crippen molar-refractivity contribution in [3.05, 3.63) is 59.2 Å². The van der Waals surface area contributed by atoms with Gasteiger partial charge in [-0.3, -0.25) is 4.79 Å². The maximum atomic E-state index is 12.5. The predicted octanol–water partition coefficient (Wildman–Crippen LogP) is 2.63. The van der Waals surface area contributed by atoms with E-state index >= 15 is 0 Å². The Balaban J connectivity index is 1.77. The van der Waals surface area contributed by atoms with Gasteiger partial charge >= 0.3 is 5.97 Å². The number of sulfonamides is 1. The summed E-state index contributed by atoms with van der Waals surface area (Å²) < 4.78 is 27.2. The number of aryl methyl sites for hydroxylation is 1. The van der Waals surface area contributed by atoms with Crippen LogP contribution in [0.1, 0.15) is 39.1 Å². The molecule has 2 aromatic rings. The minimum Gasteiger partial charge on any atom is -0.478 e. The molecule has 3 N–H and O–H groups in total. The van der Waals surface area contributed by atoms with Crippen LogP contribution in [0.25, 0.3) is 0 Å². The van der Waals surface area contributed by atoms with Gasteiger partial charge in [0.15, 0.2) is 0 Å². The summed E-state index contributed by atoms with van der Waals surface area (Å²) in [7, 11) is -3.68.